The molecule has 3 aromatic heterocycles. The van der Waals surface area contributed by atoms with Crippen LogP contribution in [0.15, 0.2) is 218 Å². The lowest BCUT2D eigenvalue weighted by molar-refractivity contribution is 0.767. The number of thiophene rings is 1. The van der Waals surface area contributed by atoms with Crippen LogP contribution in [0.25, 0.3) is 93.0 Å². The first-order chi connectivity index (χ1) is 31.2. The third-order valence-electron chi connectivity index (χ3n) is 12.9. The van der Waals surface area contributed by atoms with Gasteiger partial charge < -0.3 is 4.57 Å². The fraction of sp³-hybridized carbons (Fsp3) is 0.0172. The van der Waals surface area contributed by atoms with Crippen LogP contribution in [0.4, 0.5) is 0 Å². The van der Waals surface area contributed by atoms with E-state index in [0.717, 1.165) is 22.4 Å². The number of aromatic nitrogens is 4. The Balaban J connectivity index is 1.08. The summed E-state index contributed by atoms with van der Waals surface area (Å²) in [5, 5.41) is 5.18. The highest BCUT2D eigenvalue weighted by Crippen LogP contribution is 2.57. The molecular formula is C58H36N4S. The number of rotatable bonds is 6. The van der Waals surface area contributed by atoms with Crippen LogP contribution in [0.1, 0.15) is 22.3 Å². The van der Waals surface area contributed by atoms with Gasteiger partial charge in [0.1, 0.15) is 0 Å². The number of nitrogens with zero attached hydrogens (tertiary/aromatic N) is 4. The van der Waals surface area contributed by atoms with Crippen LogP contribution >= 0.6 is 11.3 Å². The summed E-state index contributed by atoms with van der Waals surface area (Å²) in [5.41, 5.74) is 12.9. The van der Waals surface area contributed by atoms with Gasteiger partial charge in [-0.25, -0.2) is 15.0 Å². The molecule has 1 aliphatic rings. The second kappa shape index (κ2) is 14.0. The zero-order valence-corrected chi connectivity index (χ0v) is 34.8. The van der Waals surface area contributed by atoms with E-state index < -0.39 is 5.41 Å². The summed E-state index contributed by atoms with van der Waals surface area (Å²) in [4.78, 5) is 15.4. The van der Waals surface area contributed by atoms with Crippen LogP contribution in [0, 0.1) is 0 Å². The average Bonchev–Trinajstić information content (AvgIpc) is 4.01. The fourth-order valence-electron chi connectivity index (χ4n) is 10.2. The Bertz CT molecular complexity index is 3630. The Morgan fingerprint density at radius 2 is 0.905 bits per heavy atom. The molecule has 1 aliphatic carbocycles. The number of hydrogen-bond acceptors (Lipinski definition) is 4. The number of benzene rings is 9. The highest BCUT2D eigenvalue weighted by molar-refractivity contribution is 7.26. The van der Waals surface area contributed by atoms with E-state index in [-0.39, 0.29) is 0 Å². The van der Waals surface area contributed by atoms with E-state index in [0.29, 0.717) is 17.5 Å². The van der Waals surface area contributed by atoms with Crippen molar-refractivity contribution in [3.05, 3.63) is 241 Å². The molecule has 0 spiro atoms. The first-order valence-corrected chi connectivity index (χ1v) is 22.2. The Kier molecular flexibility index (Phi) is 7.96. The molecule has 294 valence electrons. The van der Waals surface area contributed by atoms with Crippen LogP contribution in [0.3, 0.4) is 0 Å². The van der Waals surface area contributed by atoms with Crippen molar-refractivity contribution in [2.24, 2.45) is 0 Å². The van der Waals surface area contributed by atoms with E-state index in [1.54, 1.807) is 0 Å². The normalized spacial score (nSPS) is 12.9. The van der Waals surface area contributed by atoms with Crippen molar-refractivity contribution in [2.75, 3.05) is 0 Å². The van der Waals surface area contributed by atoms with Gasteiger partial charge in [0.2, 0.25) is 0 Å². The van der Waals surface area contributed by atoms with Crippen LogP contribution in [-0.2, 0) is 5.41 Å². The largest absolute Gasteiger partial charge is 0.309 e. The lowest BCUT2D eigenvalue weighted by atomic mass is 9.67. The van der Waals surface area contributed by atoms with E-state index in [1.807, 2.05) is 47.7 Å². The molecule has 0 amide bonds. The van der Waals surface area contributed by atoms with Crippen molar-refractivity contribution in [2.45, 2.75) is 5.41 Å². The van der Waals surface area contributed by atoms with Gasteiger partial charge in [-0.1, -0.05) is 182 Å². The van der Waals surface area contributed by atoms with E-state index >= 15 is 0 Å². The second-order valence-corrected chi connectivity index (χ2v) is 17.3. The van der Waals surface area contributed by atoms with Gasteiger partial charge in [0.25, 0.3) is 0 Å². The molecule has 0 unspecified atom stereocenters. The van der Waals surface area contributed by atoms with Gasteiger partial charge in [0.05, 0.1) is 16.4 Å². The van der Waals surface area contributed by atoms with E-state index in [9.17, 15) is 0 Å². The summed E-state index contributed by atoms with van der Waals surface area (Å²) in [7, 11) is 0. The summed E-state index contributed by atoms with van der Waals surface area (Å²) >= 11 is 1.89. The maximum absolute atomic E-state index is 5.18. The Morgan fingerprint density at radius 3 is 1.56 bits per heavy atom. The predicted molar refractivity (Wildman–Crippen MR) is 261 cm³/mol. The second-order valence-electron chi connectivity index (χ2n) is 16.3. The Hall–Kier alpha value is -7.99. The minimum atomic E-state index is -0.658. The lowest BCUT2D eigenvalue weighted by Gasteiger charge is -2.34. The van der Waals surface area contributed by atoms with Gasteiger partial charge in [0, 0.05) is 53.3 Å². The molecule has 13 rings (SSSR count). The van der Waals surface area contributed by atoms with Crippen LogP contribution in [-0.4, -0.2) is 19.5 Å². The van der Waals surface area contributed by atoms with E-state index in [2.05, 4.69) is 187 Å². The highest BCUT2D eigenvalue weighted by atomic mass is 32.1. The number of hydrogen-bond donors (Lipinski definition) is 0. The third kappa shape index (κ3) is 5.37. The van der Waals surface area contributed by atoms with E-state index in [1.165, 1.54) is 75.4 Å². The molecule has 0 fully saturated rings. The first kappa shape index (κ1) is 35.7. The first-order valence-electron chi connectivity index (χ1n) is 21.4. The Labute approximate surface area is 368 Å². The molecule has 4 nitrogen and oxygen atoms in total. The van der Waals surface area contributed by atoms with Crippen molar-refractivity contribution in [1.82, 2.24) is 19.5 Å². The maximum Gasteiger partial charge on any atom is 0.164 e. The molecule has 12 aromatic rings. The highest BCUT2D eigenvalue weighted by Gasteiger charge is 2.46. The quantitative estimate of drug-likeness (QED) is 0.168. The SMILES string of the molecule is c1ccc(-c2nc(-c3ccccc3)nc(-c3ccc4c(c3)C(c3ccccc3)(c3ccccc3)c3cc(-n5c6ccccc6c6c7sc8ccccc8c7ccc65)ccc3-4)n2)cc1. The van der Waals surface area contributed by atoms with Crippen molar-refractivity contribution in [1.29, 1.82) is 0 Å². The minimum absolute atomic E-state index is 0.634. The summed E-state index contributed by atoms with van der Waals surface area (Å²) in [6.45, 7) is 0. The molecule has 3 heterocycles. The average molecular weight is 821 g/mol. The van der Waals surface area contributed by atoms with Gasteiger partial charge in [-0.3, -0.25) is 0 Å². The smallest absolute Gasteiger partial charge is 0.164 e. The summed E-state index contributed by atoms with van der Waals surface area (Å²) < 4.78 is 5.12. The number of fused-ring (bicyclic) bond motifs is 10. The standard InChI is InChI=1S/C58H36N4S/c1-5-17-37(18-6-1)55-59-56(38-19-7-2-8-20-38)61-57(60-55)39-29-31-43-44-32-30-42(36-49(44)58(48(43)35-39,40-21-9-3-10-22-40)41-23-11-4-12-24-41)62-50-27-15-13-26-47(50)53-51(62)34-33-46-45-25-14-16-28-52(45)63-54(46)53/h1-36H. The maximum atomic E-state index is 5.18. The molecular weight excluding hydrogens is 785 g/mol. The lowest BCUT2D eigenvalue weighted by Crippen LogP contribution is -2.28. The van der Waals surface area contributed by atoms with Crippen LogP contribution in [0.2, 0.25) is 0 Å². The molecule has 0 saturated heterocycles. The summed E-state index contributed by atoms with van der Waals surface area (Å²) in [6.07, 6.45) is 0. The predicted octanol–water partition coefficient (Wildman–Crippen LogP) is 14.7. The van der Waals surface area contributed by atoms with Crippen molar-refractivity contribution in [3.63, 3.8) is 0 Å². The van der Waals surface area contributed by atoms with Crippen molar-refractivity contribution < 1.29 is 0 Å². The number of para-hydroxylation sites is 1. The van der Waals surface area contributed by atoms with E-state index in [4.69, 9.17) is 15.0 Å². The molecule has 0 radical (unpaired) electrons. The zero-order chi connectivity index (χ0) is 41.5. The Morgan fingerprint density at radius 1 is 0.381 bits per heavy atom. The molecule has 0 bridgehead atoms. The van der Waals surface area contributed by atoms with Crippen molar-refractivity contribution >= 4 is 53.3 Å². The van der Waals surface area contributed by atoms with Gasteiger partial charge >= 0.3 is 0 Å². The minimum Gasteiger partial charge on any atom is -0.309 e. The monoisotopic (exact) mass is 820 g/mol. The molecule has 63 heavy (non-hydrogen) atoms. The fourth-order valence-corrected chi connectivity index (χ4v) is 11.5. The molecule has 0 aliphatic heterocycles. The van der Waals surface area contributed by atoms with Gasteiger partial charge in [-0.15, -0.1) is 11.3 Å². The molecule has 0 saturated carbocycles. The topological polar surface area (TPSA) is 43.6 Å². The summed E-state index contributed by atoms with van der Waals surface area (Å²) in [5.74, 6) is 1.92. The van der Waals surface area contributed by atoms with Gasteiger partial charge in [0.15, 0.2) is 17.5 Å². The van der Waals surface area contributed by atoms with Gasteiger partial charge in [-0.2, -0.15) is 0 Å². The van der Waals surface area contributed by atoms with Gasteiger partial charge in [-0.05, 0) is 69.8 Å². The molecule has 0 N–H and O–H groups in total. The molecule has 5 heteroatoms. The van der Waals surface area contributed by atoms with Crippen LogP contribution < -0.4 is 0 Å². The zero-order valence-electron chi connectivity index (χ0n) is 34.0. The summed E-state index contributed by atoms with van der Waals surface area (Å²) in [6, 6.07) is 78.7. The third-order valence-corrected chi connectivity index (χ3v) is 14.1. The van der Waals surface area contributed by atoms with Crippen LogP contribution in [0.5, 0.6) is 0 Å². The van der Waals surface area contributed by atoms with Crippen molar-refractivity contribution in [3.8, 4) is 51.0 Å². The molecule has 9 aromatic carbocycles. The molecule has 0 atom stereocenters.